The lowest BCUT2D eigenvalue weighted by Crippen LogP contribution is -2.42. The second kappa shape index (κ2) is 5.73. The van der Waals surface area contributed by atoms with Crippen LogP contribution in [0.2, 0.25) is 0 Å². The van der Waals surface area contributed by atoms with Crippen molar-refractivity contribution in [1.82, 2.24) is 4.90 Å². The van der Waals surface area contributed by atoms with Crippen molar-refractivity contribution in [3.05, 3.63) is 65.2 Å². The number of rotatable bonds is 2. The zero-order chi connectivity index (χ0) is 17.6. The maximum atomic E-state index is 13.0. The zero-order valence-corrected chi connectivity index (χ0v) is 14.7. The fourth-order valence-electron chi connectivity index (χ4n) is 4.16. The van der Waals surface area contributed by atoms with Crippen LogP contribution in [0.5, 0.6) is 0 Å². The Hall–Kier alpha value is -2.62. The first-order valence-electron chi connectivity index (χ1n) is 8.83. The first kappa shape index (κ1) is 15.9. The van der Waals surface area contributed by atoms with Gasteiger partial charge in [-0.05, 0) is 42.2 Å². The van der Waals surface area contributed by atoms with Crippen molar-refractivity contribution in [1.29, 1.82) is 0 Å². The van der Waals surface area contributed by atoms with Crippen molar-refractivity contribution in [3.63, 3.8) is 0 Å². The number of nitrogens with zero attached hydrogens (tertiary/aromatic N) is 2. The number of anilines is 1. The number of carbonyl (C=O) groups is 2. The number of hydrogen-bond acceptors (Lipinski definition) is 2. The van der Waals surface area contributed by atoms with E-state index in [-0.39, 0.29) is 11.8 Å². The third kappa shape index (κ3) is 2.28. The SMILES string of the molecule is CCc1ccc(C(=O)N2CCC3(C2)C(=O)N(C)c2ccccc23)cc1. The number of aryl methyl sites for hydroxylation is 1. The molecule has 4 nitrogen and oxygen atoms in total. The van der Waals surface area contributed by atoms with Gasteiger partial charge in [-0.2, -0.15) is 0 Å². The van der Waals surface area contributed by atoms with Crippen LogP contribution in [0, 0.1) is 0 Å². The highest BCUT2D eigenvalue weighted by Crippen LogP contribution is 2.46. The topological polar surface area (TPSA) is 40.6 Å². The molecule has 2 aliphatic heterocycles. The average Bonchev–Trinajstić information content (AvgIpc) is 3.20. The number of fused-ring (bicyclic) bond motifs is 2. The molecule has 0 saturated carbocycles. The van der Waals surface area contributed by atoms with Gasteiger partial charge in [-0.3, -0.25) is 9.59 Å². The van der Waals surface area contributed by atoms with Gasteiger partial charge in [0.05, 0.1) is 5.41 Å². The van der Waals surface area contributed by atoms with E-state index >= 15 is 0 Å². The molecule has 128 valence electrons. The summed E-state index contributed by atoms with van der Waals surface area (Å²) in [7, 11) is 1.82. The lowest BCUT2D eigenvalue weighted by molar-refractivity contribution is -0.122. The molecule has 0 aromatic heterocycles. The summed E-state index contributed by atoms with van der Waals surface area (Å²) in [5.74, 6) is 0.115. The normalized spacial score (nSPS) is 21.9. The van der Waals surface area contributed by atoms with Gasteiger partial charge in [0.1, 0.15) is 0 Å². The molecule has 2 aliphatic rings. The fourth-order valence-corrected chi connectivity index (χ4v) is 4.16. The van der Waals surface area contributed by atoms with E-state index in [1.54, 1.807) is 4.90 Å². The fraction of sp³-hybridized carbons (Fsp3) is 0.333. The van der Waals surface area contributed by atoms with E-state index in [1.165, 1.54) is 5.56 Å². The molecule has 1 unspecified atom stereocenters. The molecule has 2 aromatic carbocycles. The van der Waals surface area contributed by atoms with Crippen molar-refractivity contribution < 1.29 is 9.59 Å². The molecule has 1 fully saturated rings. The highest BCUT2D eigenvalue weighted by molar-refractivity contribution is 6.09. The van der Waals surface area contributed by atoms with Crippen LogP contribution in [-0.2, 0) is 16.6 Å². The van der Waals surface area contributed by atoms with Gasteiger partial charge in [-0.25, -0.2) is 0 Å². The van der Waals surface area contributed by atoms with Crippen molar-refractivity contribution in [2.75, 3.05) is 25.0 Å². The molecular formula is C21H22N2O2. The first-order chi connectivity index (χ1) is 12.1. The molecule has 1 saturated heterocycles. The van der Waals surface area contributed by atoms with Crippen LogP contribution >= 0.6 is 0 Å². The van der Waals surface area contributed by atoms with Crippen LogP contribution in [-0.4, -0.2) is 36.9 Å². The van der Waals surface area contributed by atoms with Gasteiger partial charge in [-0.1, -0.05) is 37.3 Å². The van der Waals surface area contributed by atoms with E-state index in [9.17, 15) is 9.59 Å². The summed E-state index contributed by atoms with van der Waals surface area (Å²) in [5.41, 5.74) is 3.36. The third-order valence-electron chi connectivity index (χ3n) is 5.66. The lowest BCUT2D eigenvalue weighted by Gasteiger charge is -2.23. The summed E-state index contributed by atoms with van der Waals surface area (Å²) in [4.78, 5) is 29.4. The average molecular weight is 334 g/mol. The van der Waals surface area contributed by atoms with Crippen LogP contribution in [0.25, 0.3) is 0 Å². The monoisotopic (exact) mass is 334 g/mol. The molecule has 0 bridgehead atoms. The minimum atomic E-state index is -0.579. The van der Waals surface area contributed by atoms with Gasteiger partial charge < -0.3 is 9.80 Å². The summed E-state index contributed by atoms with van der Waals surface area (Å²) < 4.78 is 0. The number of amides is 2. The van der Waals surface area contributed by atoms with Crippen LogP contribution < -0.4 is 4.90 Å². The predicted octanol–water partition coefficient (Wildman–Crippen LogP) is 3.01. The quantitative estimate of drug-likeness (QED) is 0.847. The Morgan fingerprint density at radius 1 is 1.12 bits per heavy atom. The standard InChI is InChI=1S/C21H22N2O2/c1-3-15-8-10-16(11-9-15)19(24)23-13-12-21(14-23)17-6-4-5-7-18(17)22(2)20(21)25/h4-11H,3,12-14H2,1-2H3. The van der Waals surface area contributed by atoms with Crippen LogP contribution in [0.1, 0.15) is 34.8 Å². The van der Waals surface area contributed by atoms with E-state index < -0.39 is 5.41 Å². The molecule has 4 rings (SSSR count). The van der Waals surface area contributed by atoms with Gasteiger partial charge in [0, 0.05) is 31.4 Å². The molecule has 2 heterocycles. The van der Waals surface area contributed by atoms with Crippen LogP contribution in [0.4, 0.5) is 5.69 Å². The molecule has 0 N–H and O–H groups in total. The number of para-hydroxylation sites is 1. The highest BCUT2D eigenvalue weighted by Gasteiger charge is 2.54. The van der Waals surface area contributed by atoms with E-state index in [1.807, 2.05) is 60.5 Å². The molecule has 1 atom stereocenters. The first-order valence-corrected chi connectivity index (χ1v) is 8.83. The van der Waals surface area contributed by atoms with Crippen LogP contribution in [0.15, 0.2) is 48.5 Å². The largest absolute Gasteiger partial charge is 0.337 e. The smallest absolute Gasteiger partial charge is 0.253 e. The summed E-state index contributed by atoms with van der Waals surface area (Å²) in [5, 5.41) is 0. The van der Waals surface area contributed by atoms with E-state index in [0.717, 1.165) is 17.7 Å². The lowest BCUT2D eigenvalue weighted by atomic mass is 9.81. The molecule has 0 aliphatic carbocycles. The molecule has 1 spiro atoms. The van der Waals surface area contributed by atoms with Crippen molar-refractivity contribution >= 4 is 17.5 Å². The van der Waals surface area contributed by atoms with Crippen LogP contribution in [0.3, 0.4) is 0 Å². The number of likely N-dealkylation sites (N-methyl/N-ethyl adjacent to an activating group) is 1. The summed E-state index contributed by atoms with van der Waals surface area (Å²) in [6, 6.07) is 15.7. The number of hydrogen-bond donors (Lipinski definition) is 0. The maximum absolute atomic E-state index is 13.0. The Balaban J connectivity index is 1.63. The van der Waals surface area contributed by atoms with E-state index in [2.05, 4.69) is 6.92 Å². The Kier molecular flexibility index (Phi) is 3.64. The number of benzene rings is 2. The summed E-state index contributed by atoms with van der Waals surface area (Å²) >= 11 is 0. The highest BCUT2D eigenvalue weighted by atomic mass is 16.2. The van der Waals surface area contributed by atoms with E-state index in [0.29, 0.717) is 25.1 Å². The zero-order valence-electron chi connectivity index (χ0n) is 14.7. The predicted molar refractivity (Wildman–Crippen MR) is 97.9 cm³/mol. The van der Waals surface area contributed by atoms with Gasteiger partial charge in [0.2, 0.25) is 5.91 Å². The van der Waals surface area contributed by atoms with Crippen molar-refractivity contribution in [2.45, 2.75) is 25.2 Å². The van der Waals surface area contributed by atoms with Gasteiger partial charge in [0.15, 0.2) is 0 Å². The molecule has 25 heavy (non-hydrogen) atoms. The Morgan fingerprint density at radius 2 is 1.84 bits per heavy atom. The Morgan fingerprint density at radius 3 is 2.56 bits per heavy atom. The molecule has 2 aromatic rings. The molecule has 0 radical (unpaired) electrons. The Labute approximate surface area is 148 Å². The number of likely N-dealkylation sites (tertiary alicyclic amines) is 1. The van der Waals surface area contributed by atoms with E-state index in [4.69, 9.17) is 0 Å². The minimum Gasteiger partial charge on any atom is -0.337 e. The summed E-state index contributed by atoms with van der Waals surface area (Å²) in [6.45, 7) is 3.17. The second-order valence-corrected chi connectivity index (χ2v) is 6.99. The Bertz CT molecular complexity index is 843. The third-order valence-corrected chi connectivity index (χ3v) is 5.66. The van der Waals surface area contributed by atoms with Crippen molar-refractivity contribution in [3.8, 4) is 0 Å². The van der Waals surface area contributed by atoms with Gasteiger partial charge in [-0.15, -0.1) is 0 Å². The molecular weight excluding hydrogens is 312 g/mol. The molecule has 4 heteroatoms. The maximum Gasteiger partial charge on any atom is 0.253 e. The minimum absolute atomic E-state index is 0.0133. The van der Waals surface area contributed by atoms with Gasteiger partial charge in [0.25, 0.3) is 5.91 Å². The second-order valence-electron chi connectivity index (χ2n) is 6.99. The number of carbonyl (C=O) groups excluding carboxylic acids is 2. The summed E-state index contributed by atoms with van der Waals surface area (Å²) in [6.07, 6.45) is 1.64. The van der Waals surface area contributed by atoms with Gasteiger partial charge >= 0.3 is 0 Å². The molecule has 2 amide bonds. The van der Waals surface area contributed by atoms with Crippen molar-refractivity contribution in [2.24, 2.45) is 0 Å².